The second-order valence-corrected chi connectivity index (χ2v) is 6.36. The van der Waals surface area contributed by atoms with Crippen molar-refractivity contribution in [3.63, 3.8) is 0 Å². The molecule has 0 unspecified atom stereocenters. The summed E-state index contributed by atoms with van der Waals surface area (Å²) < 4.78 is 1.65. The second kappa shape index (κ2) is 6.84. The molecule has 1 N–H and O–H groups in total. The Hall–Kier alpha value is -3.40. The molecule has 130 valence electrons. The zero-order valence-electron chi connectivity index (χ0n) is 14.2. The van der Waals surface area contributed by atoms with Crippen LogP contribution in [0.25, 0.3) is 5.69 Å². The summed E-state index contributed by atoms with van der Waals surface area (Å²) in [5.41, 5.74) is 1.14. The number of anilines is 1. The molecular weight excluding hydrogens is 328 g/mol. The highest BCUT2D eigenvalue weighted by molar-refractivity contribution is 5.43. The summed E-state index contributed by atoms with van der Waals surface area (Å²) in [6, 6.07) is 15.3. The molecule has 0 amide bonds. The van der Waals surface area contributed by atoms with Crippen LogP contribution >= 0.6 is 0 Å². The smallest absolute Gasteiger partial charge is 0.347 e. The number of aromatic amines is 1. The quantitative estimate of drug-likeness (QED) is 0.785. The standard InChI is InChI=1S/C19H18N6O/c20-11-14-8-9-17(21-12-14)24-10-4-5-15(13-24)18-22-23-19(26)25(18)16-6-2-1-3-7-16/h1-3,6-9,12,15H,4-5,10,13H2,(H,23,26)/t15-/m0/s1. The summed E-state index contributed by atoms with van der Waals surface area (Å²) in [5, 5.41) is 15.8. The summed E-state index contributed by atoms with van der Waals surface area (Å²) in [6.07, 6.45) is 3.54. The van der Waals surface area contributed by atoms with E-state index in [2.05, 4.69) is 26.2 Å². The van der Waals surface area contributed by atoms with E-state index in [1.54, 1.807) is 16.8 Å². The third-order valence-corrected chi connectivity index (χ3v) is 4.70. The van der Waals surface area contributed by atoms with Gasteiger partial charge in [0, 0.05) is 25.2 Å². The van der Waals surface area contributed by atoms with E-state index in [-0.39, 0.29) is 11.6 Å². The molecule has 0 radical (unpaired) electrons. The molecule has 2 aromatic heterocycles. The molecule has 0 bridgehead atoms. The maximum absolute atomic E-state index is 12.3. The van der Waals surface area contributed by atoms with Gasteiger partial charge in [-0.25, -0.2) is 19.4 Å². The van der Waals surface area contributed by atoms with E-state index in [0.717, 1.165) is 43.3 Å². The first kappa shape index (κ1) is 16.1. The molecule has 3 aromatic rings. The Morgan fingerprint density at radius 3 is 2.77 bits per heavy atom. The lowest BCUT2D eigenvalue weighted by atomic mass is 9.97. The van der Waals surface area contributed by atoms with Gasteiger partial charge in [-0.2, -0.15) is 10.4 Å². The van der Waals surface area contributed by atoms with Crippen LogP contribution in [0.2, 0.25) is 0 Å². The molecule has 1 aliphatic heterocycles. The van der Waals surface area contributed by atoms with Gasteiger partial charge in [0.1, 0.15) is 17.7 Å². The maximum atomic E-state index is 12.3. The number of nitriles is 1. The van der Waals surface area contributed by atoms with E-state index < -0.39 is 0 Å². The molecule has 1 aliphatic rings. The van der Waals surface area contributed by atoms with Crippen LogP contribution in [0, 0.1) is 11.3 Å². The van der Waals surface area contributed by atoms with Gasteiger partial charge in [0.15, 0.2) is 0 Å². The predicted octanol–water partition coefficient (Wildman–Crippen LogP) is 2.21. The zero-order chi connectivity index (χ0) is 17.9. The molecule has 1 atom stereocenters. The van der Waals surface area contributed by atoms with Gasteiger partial charge in [-0.1, -0.05) is 18.2 Å². The van der Waals surface area contributed by atoms with Crippen molar-refractivity contribution < 1.29 is 0 Å². The molecule has 0 saturated carbocycles. The first-order valence-corrected chi connectivity index (χ1v) is 8.60. The molecule has 0 aliphatic carbocycles. The fraction of sp³-hybridized carbons (Fsp3) is 0.263. The Morgan fingerprint density at radius 1 is 1.19 bits per heavy atom. The highest BCUT2D eigenvalue weighted by Crippen LogP contribution is 2.28. The lowest BCUT2D eigenvalue weighted by Crippen LogP contribution is -2.36. The topological polar surface area (TPSA) is 90.6 Å². The number of hydrogen-bond donors (Lipinski definition) is 1. The predicted molar refractivity (Wildman–Crippen MR) is 97.3 cm³/mol. The number of aromatic nitrogens is 4. The summed E-state index contributed by atoms with van der Waals surface area (Å²) in [4.78, 5) is 18.9. The maximum Gasteiger partial charge on any atom is 0.347 e. The van der Waals surface area contributed by atoms with Crippen LogP contribution < -0.4 is 10.6 Å². The van der Waals surface area contributed by atoms with Crippen LogP contribution in [0.3, 0.4) is 0 Å². The number of rotatable bonds is 3. The van der Waals surface area contributed by atoms with Gasteiger partial charge in [-0.3, -0.25) is 0 Å². The average molecular weight is 346 g/mol. The third-order valence-electron chi connectivity index (χ3n) is 4.70. The number of para-hydroxylation sites is 1. The van der Waals surface area contributed by atoms with E-state index in [1.807, 2.05) is 36.4 Å². The number of hydrogen-bond acceptors (Lipinski definition) is 5. The molecule has 7 heteroatoms. The minimum Gasteiger partial charge on any atom is -0.356 e. The zero-order valence-corrected chi connectivity index (χ0v) is 14.2. The number of benzene rings is 1. The Labute approximate surface area is 150 Å². The molecular formula is C19H18N6O. The van der Waals surface area contributed by atoms with E-state index in [4.69, 9.17) is 5.26 Å². The van der Waals surface area contributed by atoms with Crippen molar-refractivity contribution in [3.8, 4) is 11.8 Å². The van der Waals surface area contributed by atoms with Gasteiger partial charge >= 0.3 is 5.69 Å². The van der Waals surface area contributed by atoms with Crippen molar-refractivity contribution in [1.29, 1.82) is 5.26 Å². The fourth-order valence-electron chi connectivity index (χ4n) is 3.44. The Morgan fingerprint density at radius 2 is 2.04 bits per heavy atom. The highest BCUT2D eigenvalue weighted by Gasteiger charge is 2.27. The van der Waals surface area contributed by atoms with Gasteiger partial charge < -0.3 is 4.90 Å². The Kier molecular flexibility index (Phi) is 4.23. The van der Waals surface area contributed by atoms with Gasteiger partial charge in [-0.15, -0.1) is 0 Å². The van der Waals surface area contributed by atoms with E-state index in [1.165, 1.54) is 0 Å². The molecule has 1 saturated heterocycles. The number of nitrogens with one attached hydrogen (secondary N) is 1. The van der Waals surface area contributed by atoms with Gasteiger partial charge in [0.05, 0.1) is 11.3 Å². The molecule has 3 heterocycles. The Balaban J connectivity index is 1.63. The number of H-pyrrole nitrogens is 1. The first-order valence-electron chi connectivity index (χ1n) is 8.60. The van der Waals surface area contributed by atoms with Gasteiger partial charge in [-0.05, 0) is 37.1 Å². The van der Waals surface area contributed by atoms with Crippen molar-refractivity contribution in [2.24, 2.45) is 0 Å². The van der Waals surface area contributed by atoms with Crippen LogP contribution in [-0.4, -0.2) is 32.8 Å². The summed E-state index contributed by atoms with van der Waals surface area (Å²) in [5.74, 6) is 1.72. The van der Waals surface area contributed by atoms with Gasteiger partial charge in [0.2, 0.25) is 0 Å². The Bertz CT molecular complexity index is 983. The highest BCUT2D eigenvalue weighted by atomic mass is 16.1. The SMILES string of the molecule is N#Cc1ccc(N2CCC[C@H](c3n[nH]c(=O)n3-c3ccccc3)C2)nc1. The third kappa shape index (κ3) is 2.97. The van der Waals surface area contributed by atoms with Crippen molar-refractivity contribution in [2.75, 3.05) is 18.0 Å². The molecule has 1 aromatic carbocycles. The van der Waals surface area contributed by atoms with Crippen LogP contribution in [0.4, 0.5) is 5.82 Å². The summed E-state index contributed by atoms with van der Waals surface area (Å²) in [6.45, 7) is 1.63. The lowest BCUT2D eigenvalue weighted by Gasteiger charge is -2.33. The van der Waals surface area contributed by atoms with E-state index in [0.29, 0.717) is 5.56 Å². The van der Waals surface area contributed by atoms with Gasteiger partial charge in [0.25, 0.3) is 0 Å². The molecule has 4 rings (SSSR count). The van der Waals surface area contributed by atoms with Crippen molar-refractivity contribution >= 4 is 5.82 Å². The minimum absolute atomic E-state index is 0.125. The first-order chi connectivity index (χ1) is 12.8. The number of piperidine rings is 1. The molecule has 7 nitrogen and oxygen atoms in total. The van der Waals surface area contributed by atoms with Crippen LogP contribution in [-0.2, 0) is 0 Å². The van der Waals surface area contributed by atoms with Crippen LogP contribution in [0.1, 0.15) is 30.1 Å². The summed E-state index contributed by atoms with van der Waals surface area (Å²) in [7, 11) is 0. The average Bonchev–Trinajstić information content (AvgIpc) is 3.10. The summed E-state index contributed by atoms with van der Waals surface area (Å²) >= 11 is 0. The van der Waals surface area contributed by atoms with Crippen LogP contribution in [0.5, 0.6) is 0 Å². The monoisotopic (exact) mass is 346 g/mol. The van der Waals surface area contributed by atoms with Crippen molar-refractivity contribution in [2.45, 2.75) is 18.8 Å². The lowest BCUT2D eigenvalue weighted by molar-refractivity contribution is 0.483. The van der Waals surface area contributed by atoms with E-state index in [9.17, 15) is 4.79 Å². The fourth-order valence-corrected chi connectivity index (χ4v) is 3.44. The van der Waals surface area contributed by atoms with Crippen LogP contribution in [0.15, 0.2) is 53.5 Å². The number of pyridine rings is 1. The van der Waals surface area contributed by atoms with E-state index >= 15 is 0 Å². The minimum atomic E-state index is -0.222. The molecule has 1 fully saturated rings. The molecule has 0 spiro atoms. The second-order valence-electron chi connectivity index (χ2n) is 6.36. The largest absolute Gasteiger partial charge is 0.356 e. The number of nitrogens with zero attached hydrogens (tertiary/aromatic N) is 5. The van der Waals surface area contributed by atoms with Crippen molar-refractivity contribution in [1.82, 2.24) is 19.7 Å². The molecule has 26 heavy (non-hydrogen) atoms. The normalized spacial score (nSPS) is 17.0. The van der Waals surface area contributed by atoms with Crippen molar-refractivity contribution in [3.05, 3.63) is 70.5 Å².